The highest BCUT2D eigenvalue weighted by Crippen LogP contribution is 2.44. The number of piperazine rings is 1. The molecule has 0 saturated carbocycles. The van der Waals surface area contributed by atoms with Crippen molar-refractivity contribution in [2.75, 3.05) is 37.7 Å². The van der Waals surface area contributed by atoms with E-state index in [-0.39, 0.29) is 30.5 Å². The van der Waals surface area contributed by atoms with Crippen LogP contribution < -0.4 is 4.90 Å². The van der Waals surface area contributed by atoms with Gasteiger partial charge in [-0.1, -0.05) is 41.9 Å². The van der Waals surface area contributed by atoms with Gasteiger partial charge in [-0.15, -0.1) is 0 Å². The van der Waals surface area contributed by atoms with Gasteiger partial charge in [0.1, 0.15) is 24.4 Å². The van der Waals surface area contributed by atoms with E-state index in [9.17, 15) is 0 Å². The highest BCUT2D eigenvalue weighted by Gasteiger charge is 2.60. The fraction of sp³-hybridized carbons (Fsp3) is 0.600. The Balaban J connectivity index is 1.18. The van der Waals surface area contributed by atoms with Gasteiger partial charge in [-0.3, -0.25) is 4.90 Å². The Labute approximate surface area is 236 Å². The summed E-state index contributed by atoms with van der Waals surface area (Å²) in [4.78, 5) is 4.87. The molecule has 8 nitrogen and oxygen atoms in total. The van der Waals surface area contributed by atoms with Gasteiger partial charge < -0.3 is 33.3 Å². The molecule has 4 fully saturated rings. The number of hydrogen-bond donors (Lipinski definition) is 0. The summed E-state index contributed by atoms with van der Waals surface area (Å²) in [6.45, 7) is 12.2. The molecule has 212 valence electrons. The maximum atomic E-state index is 6.54. The van der Waals surface area contributed by atoms with Crippen LogP contribution in [0.5, 0.6) is 0 Å². The number of nitrogens with zero attached hydrogens (tertiary/aromatic N) is 2. The van der Waals surface area contributed by atoms with Gasteiger partial charge in [0.05, 0.1) is 19.3 Å². The Kier molecular flexibility index (Phi) is 7.67. The smallest absolute Gasteiger partial charge is 0.190 e. The van der Waals surface area contributed by atoms with Gasteiger partial charge in [-0.2, -0.15) is 0 Å². The summed E-state index contributed by atoms with van der Waals surface area (Å²) in [7, 11) is 0. The number of hydrogen-bond acceptors (Lipinski definition) is 8. The molecule has 2 aromatic rings. The third-order valence-electron chi connectivity index (χ3n) is 7.88. The molecule has 6 atom stereocenters. The maximum Gasteiger partial charge on any atom is 0.190 e. The van der Waals surface area contributed by atoms with E-state index < -0.39 is 17.9 Å². The van der Waals surface area contributed by atoms with E-state index in [4.69, 9.17) is 40.0 Å². The normalized spacial score (nSPS) is 33.6. The van der Waals surface area contributed by atoms with Crippen LogP contribution in [0.25, 0.3) is 0 Å². The average Bonchev–Trinajstić information content (AvgIpc) is 3.40. The minimum Gasteiger partial charge on any atom is -0.375 e. The number of anilines is 1. The summed E-state index contributed by atoms with van der Waals surface area (Å²) in [6, 6.07) is 18.5. The minimum absolute atomic E-state index is 0.158. The van der Waals surface area contributed by atoms with Crippen LogP contribution in [0.1, 0.15) is 33.3 Å². The first-order valence-electron chi connectivity index (χ1n) is 13.9. The Morgan fingerprint density at radius 1 is 0.846 bits per heavy atom. The molecule has 4 saturated heterocycles. The van der Waals surface area contributed by atoms with E-state index >= 15 is 0 Å². The van der Waals surface area contributed by atoms with Crippen LogP contribution in [0.3, 0.4) is 0 Å². The Morgan fingerprint density at radius 3 is 2.31 bits per heavy atom. The van der Waals surface area contributed by atoms with Gasteiger partial charge in [-0.25, -0.2) is 0 Å². The average molecular weight is 559 g/mol. The lowest BCUT2D eigenvalue weighted by atomic mass is 9.97. The van der Waals surface area contributed by atoms with Crippen molar-refractivity contribution in [3.63, 3.8) is 0 Å². The molecule has 4 aliphatic heterocycles. The quantitative estimate of drug-likeness (QED) is 0.494. The molecular weight excluding hydrogens is 520 g/mol. The summed E-state index contributed by atoms with van der Waals surface area (Å²) in [6.07, 6.45) is -1.55. The lowest BCUT2D eigenvalue weighted by Crippen LogP contribution is -2.62. The lowest BCUT2D eigenvalue weighted by molar-refractivity contribution is -0.238. The highest BCUT2D eigenvalue weighted by molar-refractivity contribution is 6.30. The van der Waals surface area contributed by atoms with E-state index in [2.05, 4.69) is 34.1 Å². The Morgan fingerprint density at radius 2 is 1.54 bits per heavy atom. The van der Waals surface area contributed by atoms with Crippen molar-refractivity contribution < 1.29 is 28.4 Å². The number of ether oxygens (including phenoxy) is 6. The first-order chi connectivity index (χ1) is 18.7. The monoisotopic (exact) mass is 558 g/mol. The summed E-state index contributed by atoms with van der Waals surface area (Å²) in [5.41, 5.74) is 2.33. The van der Waals surface area contributed by atoms with Crippen LogP contribution in [0.2, 0.25) is 5.02 Å². The standard InChI is InChI=1S/C30H39ClN2O6/c1-29(2)36-25-24(35-28-27(26(25)37-29)38-30(3,4)39-28)17-33-15-14-32(22-12-10-21(31)11-13-22)16-23(33)19-34-18-20-8-6-5-7-9-20/h5-13,23-28H,14-19H2,1-4H3/t23-,24-,25+,26+,27-,28?/m1/s1. The molecule has 0 spiro atoms. The number of fused-ring (bicyclic) bond motifs is 3. The van der Waals surface area contributed by atoms with Crippen LogP contribution in [0, 0.1) is 0 Å². The van der Waals surface area contributed by atoms with Crippen molar-refractivity contribution in [2.45, 2.75) is 82.6 Å². The second-order valence-electron chi connectivity index (χ2n) is 11.8. The van der Waals surface area contributed by atoms with E-state index in [1.807, 2.05) is 58.0 Å². The molecule has 0 N–H and O–H groups in total. The van der Waals surface area contributed by atoms with Crippen molar-refractivity contribution in [1.82, 2.24) is 4.90 Å². The van der Waals surface area contributed by atoms with Gasteiger partial charge in [0, 0.05) is 36.9 Å². The lowest BCUT2D eigenvalue weighted by Gasteiger charge is -2.45. The van der Waals surface area contributed by atoms with E-state index in [0.717, 1.165) is 30.3 Å². The van der Waals surface area contributed by atoms with Crippen molar-refractivity contribution >= 4 is 17.3 Å². The predicted molar refractivity (Wildman–Crippen MR) is 148 cm³/mol. The minimum atomic E-state index is -0.733. The van der Waals surface area contributed by atoms with Gasteiger partial charge in [0.2, 0.25) is 0 Å². The molecular formula is C30H39ClN2O6. The molecule has 2 aromatic carbocycles. The van der Waals surface area contributed by atoms with Gasteiger partial charge in [-0.05, 0) is 57.5 Å². The Bertz CT molecular complexity index is 1120. The highest BCUT2D eigenvalue weighted by atomic mass is 35.5. The number of benzene rings is 2. The first-order valence-corrected chi connectivity index (χ1v) is 14.3. The van der Waals surface area contributed by atoms with Crippen LogP contribution in [0.15, 0.2) is 54.6 Å². The van der Waals surface area contributed by atoms with Crippen molar-refractivity contribution in [3.05, 3.63) is 65.2 Å². The predicted octanol–water partition coefficient (Wildman–Crippen LogP) is 4.44. The number of halogens is 1. The molecule has 39 heavy (non-hydrogen) atoms. The first kappa shape index (κ1) is 27.4. The molecule has 0 amide bonds. The van der Waals surface area contributed by atoms with Crippen molar-refractivity contribution in [3.8, 4) is 0 Å². The van der Waals surface area contributed by atoms with E-state index in [1.165, 1.54) is 5.56 Å². The van der Waals surface area contributed by atoms with E-state index in [0.29, 0.717) is 19.8 Å². The SMILES string of the molecule is CC1(C)O[C@@H]2[C@H](O1)[C@H]1OC(C)(C)OC1O[C@@H]2CN1CCN(c2ccc(Cl)cc2)C[C@@H]1COCc1ccccc1. The zero-order valence-electron chi connectivity index (χ0n) is 23.1. The molecule has 0 radical (unpaired) electrons. The van der Waals surface area contributed by atoms with Crippen molar-refractivity contribution in [2.24, 2.45) is 0 Å². The molecule has 6 rings (SSSR count). The van der Waals surface area contributed by atoms with Gasteiger partial charge in [0.25, 0.3) is 0 Å². The molecule has 0 bridgehead atoms. The van der Waals surface area contributed by atoms with Crippen LogP contribution in [-0.2, 0) is 35.0 Å². The van der Waals surface area contributed by atoms with Crippen molar-refractivity contribution in [1.29, 1.82) is 0 Å². The third kappa shape index (κ3) is 6.14. The topological polar surface area (TPSA) is 61.9 Å². The van der Waals surface area contributed by atoms with Gasteiger partial charge >= 0.3 is 0 Å². The van der Waals surface area contributed by atoms with Crippen LogP contribution in [-0.4, -0.2) is 86.0 Å². The summed E-state index contributed by atoms with van der Waals surface area (Å²) in [5.74, 6) is -1.45. The second kappa shape index (κ2) is 10.9. The number of rotatable bonds is 7. The van der Waals surface area contributed by atoms with Crippen LogP contribution >= 0.6 is 11.6 Å². The van der Waals surface area contributed by atoms with Gasteiger partial charge in [0.15, 0.2) is 17.9 Å². The zero-order chi connectivity index (χ0) is 27.2. The molecule has 0 aliphatic carbocycles. The third-order valence-corrected chi connectivity index (χ3v) is 8.14. The van der Waals surface area contributed by atoms with Crippen LogP contribution in [0.4, 0.5) is 5.69 Å². The largest absolute Gasteiger partial charge is 0.375 e. The second-order valence-corrected chi connectivity index (χ2v) is 12.2. The van der Waals surface area contributed by atoms with E-state index in [1.54, 1.807) is 0 Å². The zero-order valence-corrected chi connectivity index (χ0v) is 23.9. The molecule has 0 aromatic heterocycles. The molecule has 9 heteroatoms. The fourth-order valence-electron chi connectivity index (χ4n) is 6.14. The molecule has 4 aliphatic rings. The fourth-order valence-corrected chi connectivity index (χ4v) is 6.26. The Hall–Kier alpha value is -1.75. The molecule has 4 heterocycles. The summed E-state index contributed by atoms with van der Waals surface area (Å²) in [5, 5.41) is 0.741. The maximum absolute atomic E-state index is 6.54. The summed E-state index contributed by atoms with van der Waals surface area (Å²) >= 11 is 6.16. The summed E-state index contributed by atoms with van der Waals surface area (Å²) < 4.78 is 37.9. The molecule has 1 unspecified atom stereocenters.